The minimum absolute atomic E-state index is 0.385. The van der Waals surface area contributed by atoms with E-state index in [1.54, 1.807) is 0 Å². The van der Waals surface area contributed by atoms with Crippen molar-refractivity contribution in [2.24, 2.45) is 5.92 Å². The largest absolute Gasteiger partial charge is 0.306 e. The molecule has 0 amide bonds. The van der Waals surface area contributed by atoms with Crippen molar-refractivity contribution >= 4 is 22.7 Å². The number of nitrogens with one attached hydrogen (secondary N) is 1. The van der Waals surface area contributed by atoms with Gasteiger partial charge < -0.3 is 10.2 Å². The quantitative estimate of drug-likeness (QED) is 0.857. The molecule has 0 unspecified atom stereocenters. The molecule has 0 aromatic carbocycles. The van der Waals surface area contributed by atoms with E-state index in [4.69, 9.17) is 0 Å². The summed E-state index contributed by atoms with van der Waals surface area (Å²) in [7, 11) is 2.23. The van der Waals surface area contributed by atoms with Gasteiger partial charge in [-0.25, -0.2) is 0 Å². The van der Waals surface area contributed by atoms with E-state index in [0.29, 0.717) is 6.04 Å². The van der Waals surface area contributed by atoms with Crippen molar-refractivity contribution in [1.29, 1.82) is 0 Å². The number of likely N-dealkylation sites (tertiary alicyclic amines) is 1. The second-order valence-electron chi connectivity index (χ2n) is 5.95. The molecule has 2 nitrogen and oxygen atoms in total. The zero-order chi connectivity index (χ0) is 14.5. The first kappa shape index (κ1) is 15.2. The fourth-order valence-electron chi connectivity index (χ4n) is 3.03. The van der Waals surface area contributed by atoms with Crippen LogP contribution in [0, 0.1) is 5.92 Å². The van der Waals surface area contributed by atoms with E-state index in [9.17, 15) is 0 Å². The van der Waals surface area contributed by atoms with Crippen LogP contribution in [0.25, 0.3) is 0 Å². The van der Waals surface area contributed by atoms with Crippen LogP contribution in [-0.2, 0) is 0 Å². The molecule has 1 N–H and O–H groups in total. The molecule has 2 aromatic rings. The minimum atomic E-state index is 0.385. The molecule has 0 aliphatic carbocycles. The molecule has 1 aliphatic rings. The molecule has 0 spiro atoms. The zero-order valence-electron chi connectivity index (χ0n) is 12.6. The number of thiophene rings is 2. The van der Waals surface area contributed by atoms with Crippen LogP contribution in [0.3, 0.4) is 0 Å². The van der Waals surface area contributed by atoms with Crippen LogP contribution in [0.2, 0.25) is 0 Å². The van der Waals surface area contributed by atoms with E-state index in [1.807, 2.05) is 22.7 Å². The zero-order valence-corrected chi connectivity index (χ0v) is 14.3. The van der Waals surface area contributed by atoms with Gasteiger partial charge in [-0.2, -0.15) is 0 Å². The molecule has 1 saturated heterocycles. The van der Waals surface area contributed by atoms with Crippen molar-refractivity contribution in [2.45, 2.75) is 25.3 Å². The summed E-state index contributed by atoms with van der Waals surface area (Å²) in [5.74, 6) is 0.904. The van der Waals surface area contributed by atoms with Gasteiger partial charge in [0.15, 0.2) is 0 Å². The maximum absolute atomic E-state index is 3.79. The lowest BCUT2D eigenvalue weighted by atomic mass is 9.94. The van der Waals surface area contributed by atoms with Crippen LogP contribution in [0.15, 0.2) is 35.0 Å². The van der Waals surface area contributed by atoms with Gasteiger partial charge in [-0.3, -0.25) is 0 Å². The normalized spacial score (nSPS) is 17.6. The molecule has 0 atom stereocenters. The number of nitrogens with zero attached hydrogens (tertiary/aromatic N) is 1. The van der Waals surface area contributed by atoms with Gasteiger partial charge in [-0.1, -0.05) is 12.1 Å². The van der Waals surface area contributed by atoms with Gasteiger partial charge in [0.2, 0.25) is 0 Å². The number of piperidine rings is 1. The highest BCUT2D eigenvalue weighted by Crippen LogP contribution is 2.29. The maximum atomic E-state index is 3.79. The molecule has 0 radical (unpaired) electrons. The maximum Gasteiger partial charge on any atom is 0.0764 e. The third-order valence-corrected chi connectivity index (χ3v) is 6.27. The van der Waals surface area contributed by atoms with E-state index >= 15 is 0 Å². The summed E-state index contributed by atoms with van der Waals surface area (Å²) in [4.78, 5) is 5.31. The number of rotatable bonds is 6. The molecule has 3 heterocycles. The van der Waals surface area contributed by atoms with E-state index in [-0.39, 0.29) is 0 Å². The second-order valence-corrected chi connectivity index (χ2v) is 7.91. The fraction of sp³-hybridized carbons (Fsp3) is 0.529. The van der Waals surface area contributed by atoms with Crippen LogP contribution in [-0.4, -0.2) is 31.6 Å². The molecule has 1 fully saturated rings. The monoisotopic (exact) mass is 320 g/mol. The Bertz CT molecular complexity index is 465. The second kappa shape index (κ2) is 7.54. The Balaban J connectivity index is 1.54. The van der Waals surface area contributed by atoms with E-state index < -0.39 is 0 Å². The Morgan fingerprint density at radius 1 is 1.14 bits per heavy atom. The summed E-state index contributed by atoms with van der Waals surface area (Å²) in [6, 6.07) is 9.18. The van der Waals surface area contributed by atoms with Gasteiger partial charge in [-0.05, 0) is 74.8 Å². The Morgan fingerprint density at radius 2 is 1.76 bits per heavy atom. The Labute approximate surface area is 135 Å². The third-order valence-electron chi connectivity index (χ3n) is 4.39. The van der Waals surface area contributed by atoms with Gasteiger partial charge in [0.05, 0.1) is 6.04 Å². The van der Waals surface area contributed by atoms with Crippen LogP contribution >= 0.6 is 22.7 Å². The van der Waals surface area contributed by atoms with Gasteiger partial charge >= 0.3 is 0 Å². The van der Waals surface area contributed by atoms with Crippen LogP contribution in [0.1, 0.15) is 35.1 Å². The predicted molar refractivity (Wildman–Crippen MR) is 93.3 cm³/mol. The molecule has 0 bridgehead atoms. The Kier molecular flexibility index (Phi) is 5.47. The minimum Gasteiger partial charge on any atom is -0.306 e. The SMILES string of the molecule is CN1CCC(CCNC(c2cccs2)c2cccs2)CC1. The molecular formula is C17H24N2S2. The van der Waals surface area contributed by atoms with E-state index in [0.717, 1.165) is 12.5 Å². The average molecular weight is 321 g/mol. The first-order valence-corrected chi connectivity index (χ1v) is 9.57. The fourth-order valence-corrected chi connectivity index (χ4v) is 4.75. The molecule has 21 heavy (non-hydrogen) atoms. The highest BCUT2D eigenvalue weighted by molar-refractivity contribution is 7.11. The Morgan fingerprint density at radius 3 is 2.29 bits per heavy atom. The molecule has 2 aromatic heterocycles. The summed E-state index contributed by atoms with van der Waals surface area (Å²) in [6.45, 7) is 3.66. The Hall–Kier alpha value is -0.680. The average Bonchev–Trinajstić information content (AvgIpc) is 3.19. The molecule has 0 saturated carbocycles. The lowest BCUT2D eigenvalue weighted by molar-refractivity contribution is 0.211. The number of hydrogen-bond donors (Lipinski definition) is 1. The third kappa shape index (κ3) is 4.16. The molecular weight excluding hydrogens is 296 g/mol. The topological polar surface area (TPSA) is 15.3 Å². The lowest BCUT2D eigenvalue weighted by Crippen LogP contribution is -2.32. The smallest absolute Gasteiger partial charge is 0.0764 e. The van der Waals surface area contributed by atoms with Crippen LogP contribution < -0.4 is 5.32 Å². The standard InChI is InChI=1S/C17H24N2S2/c1-19-10-7-14(8-11-19)6-9-18-17(15-4-2-12-20-15)16-5-3-13-21-16/h2-5,12-14,17-18H,6-11H2,1H3. The van der Waals surface area contributed by atoms with Gasteiger partial charge in [-0.15, -0.1) is 22.7 Å². The first-order chi connectivity index (χ1) is 10.3. The lowest BCUT2D eigenvalue weighted by Gasteiger charge is -2.29. The van der Waals surface area contributed by atoms with Crippen molar-refractivity contribution in [1.82, 2.24) is 10.2 Å². The van der Waals surface area contributed by atoms with Crippen LogP contribution in [0.5, 0.6) is 0 Å². The summed E-state index contributed by atoms with van der Waals surface area (Å²) in [5.41, 5.74) is 0. The van der Waals surface area contributed by atoms with Crippen LogP contribution in [0.4, 0.5) is 0 Å². The number of hydrogen-bond acceptors (Lipinski definition) is 4. The van der Waals surface area contributed by atoms with Crippen molar-refractivity contribution < 1.29 is 0 Å². The molecule has 1 aliphatic heterocycles. The van der Waals surface area contributed by atoms with Crippen molar-refractivity contribution in [3.63, 3.8) is 0 Å². The molecule has 114 valence electrons. The summed E-state index contributed by atoms with van der Waals surface area (Å²) >= 11 is 3.71. The highest BCUT2D eigenvalue weighted by Gasteiger charge is 2.19. The molecule has 3 rings (SSSR count). The van der Waals surface area contributed by atoms with Gasteiger partial charge in [0, 0.05) is 9.75 Å². The molecule has 4 heteroatoms. The predicted octanol–water partition coefficient (Wildman–Crippen LogP) is 4.22. The van der Waals surface area contributed by atoms with Crippen molar-refractivity contribution in [3.05, 3.63) is 44.8 Å². The first-order valence-electron chi connectivity index (χ1n) is 7.81. The van der Waals surface area contributed by atoms with Crippen molar-refractivity contribution in [2.75, 3.05) is 26.7 Å². The summed E-state index contributed by atoms with van der Waals surface area (Å²) in [5, 5.41) is 8.14. The highest BCUT2D eigenvalue weighted by atomic mass is 32.1. The van der Waals surface area contributed by atoms with E-state index in [2.05, 4.69) is 52.3 Å². The van der Waals surface area contributed by atoms with Crippen molar-refractivity contribution in [3.8, 4) is 0 Å². The summed E-state index contributed by atoms with van der Waals surface area (Å²) in [6.07, 6.45) is 4.03. The van der Waals surface area contributed by atoms with Gasteiger partial charge in [0.1, 0.15) is 0 Å². The summed E-state index contributed by atoms with van der Waals surface area (Å²) < 4.78 is 0. The van der Waals surface area contributed by atoms with Gasteiger partial charge in [0.25, 0.3) is 0 Å². The van der Waals surface area contributed by atoms with E-state index in [1.165, 1.54) is 42.1 Å².